The Kier molecular flexibility index (Phi) is 4.42. The van der Waals surface area contributed by atoms with Crippen LogP contribution in [0.4, 0.5) is 4.39 Å². The molecule has 0 unspecified atom stereocenters. The lowest BCUT2D eigenvalue weighted by Crippen LogP contribution is -1.89. The molecule has 2 aromatic carbocycles. The Morgan fingerprint density at radius 3 is 2.50 bits per heavy atom. The van der Waals surface area contributed by atoms with E-state index in [2.05, 4.69) is 0 Å². The van der Waals surface area contributed by atoms with Gasteiger partial charge in [-0.1, -0.05) is 35.3 Å². The minimum atomic E-state index is -1.07. The summed E-state index contributed by atoms with van der Waals surface area (Å²) in [5.74, 6) is -1.49. The van der Waals surface area contributed by atoms with Gasteiger partial charge in [-0.05, 0) is 47.0 Å². The van der Waals surface area contributed by atoms with Crippen molar-refractivity contribution in [2.45, 2.75) is 0 Å². The van der Waals surface area contributed by atoms with E-state index >= 15 is 0 Å². The molecule has 2 aromatic rings. The van der Waals surface area contributed by atoms with Crippen LogP contribution in [0.3, 0.4) is 0 Å². The third-order valence-electron chi connectivity index (χ3n) is 2.65. The smallest absolute Gasteiger partial charge is 0.328 e. The molecule has 0 saturated carbocycles. The summed E-state index contributed by atoms with van der Waals surface area (Å²) in [5.41, 5.74) is 1.78. The van der Waals surface area contributed by atoms with E-state index in [0.717, 1.165) is 6.08 Å². The fourth-order valence-electron chi connectivity index (χ4n) is 1.75. The van der Waals surface area contributed by atoms with Crippen molar-refractivity contribution in [3.05, 3.63) is 63.9 Å². The van der Waals surface area contributed by atoms with Crippen LogP contribution in [-0.4, -0.2) is 11.1 Å². The summed E-state index contributed by atoms with van der Waals surface area (Å²) < 4.78 is 13.4. The third-order valence-corrected chi connectivity index (χ3v) is 3.39. The summed E-state index contributed by atoms with van der Waals surface area (Å²) in [7, 11) is 0. The number of benzene rings is 2. The summed E-state index contributed by atoms with van der Waals surface area (Å²) in [6.45, 7) is 0. The number of carboxylic acids is 1. The molecule has 5 heteroatoms. The molecule has 0 aliphatic heterocycles. The van der Waals surface area contributed by atoms with E-state index in [-0.39, 0.29) is 0 Å². The van der Waals surface area contributed by atoms with Gasteiger partial charge in [0.15, 0.2) is 0 Å². The van der Waals surface area contributed by atoms with E-state index in [0.29, 0.717) is 26.7 Å². The molecule has 0 heterocycles. The standard InChI is InChI=1S/C15H9Cl2FO2/c16-13-5-2-10(7-14(13)17)12-8-11(18)4-1-9(12)3-6-15(19)20/h1-8H,(H,19,20)/b6-3+. The second-order valence-corrected chi connectivity index (χ2v) is 4.85. The summed E-state index contributed by atoms with van der Waals surface area (Å²) >= 11 is 11.8. The Labute approximate surface area is 125 Å². The highest BCUT2D eigenvalue weighted by molar-refractivity contribution is 6.42. The molecule has 102 valence electrons. The van der Waals surface area contributed by atoms with Gasteiger partial charge in [0.2, 0.25) is 0 Å². The molecule has 0 bridgehead atoms. The first-order valence-electron chi connectivity index (χ1n) is 5.63. The van der Waals surface area contributed by atoms with E-state index in [1.54, 1.807) is 18.2 Å². The van der Waals surface area contributed by atoms with Crippen molar-refractivity contribution in [1.29, 1.82) is 0 Å². The number of rotatable bonds is 3. The van der Waals surface area contributed by atoms with Crippen LogP contribution >= 0.6 is 23.2 Å². The maximum absolute atomic E-state index is 13.4. The quantitative estimate of drug-likeness (QED) is 0.819. The van der Waals surface area contributed by atoms with Gasteiger partial charge in [-0.25, -0.2) is 9.18 Å². The largest absolute Gasteiger partial charge is 0.478 e. The van der Waals surface area contributed by atoms with E-state index < -0.39 is 11.8 Å². The Morgan fingerprint density at radius 1 is 1.10 bits per heavy atom. The first kappa shape index (κ1) is 14.6. The van der Waals surface area contributed by atoms with Crippen molar-refractivity contribution in [3.63, 3.8) is 0 Å². The lowest BCUT2D eigenvalue weighted by atomic mass is 9.99. The van der Waals surface area contributed by atoms with Crippen LogP contribution in [0.25, 0.3) is 17.2 Å². The predicted molar refractivity (Wildman–Crippen MR) is 78.5 cm³/mol. The first-order valence-corrected chi connectivity index (χ1v) is 6.39. The molecule has 0 radical (unpaired) electrons. The minimum absolute atomic E-state index is 0.349. The number of hydrogen-bond donors (Lipinski definition) is 1. The topological polar surface area (TPSA) is 37.3 Å². The summed E-state index contributed by atoms with van der Waals surface area (Å²) in [6, 6.07) is 9.00. The van der Waals surface area contributed by atoms with Crippen molar-refractivity contribution in [1.82, 2.24) is 0 Å². The lowest BCUT2D eigenvalue weighted by Gasteiger charge is -2.08. The van der Waals surface area contributed by atoms with Crippen LogP contribution in [0.15, 0.2) is 42.5 Å². The molecule has 0 amide bonds. The minimum Gasteiger partial charge on any atom is -0.478 e. The van der Waals surface area contributed by atoms with Gasteiger partial charge in [0.05, 0.1) is 10.0 Å². The van der Waals surface area contributed by atoms with Gasteiger partial charge in [-0.3, -0.25) is 0 Å². The molecule has 2 nitrogen and oxygen atoms in total. The molecule has 0 aliphatic rings. The Morgan fingerprint density at radius 2 is 1.85 bits per heavy atom. The number of carboxylic acid groups (broad SMARTS) is 1. The van der Waals surface area contributed by atoms with E-state index in [1.807, 2.05) is 0 Å². The molecule has 20 heavy (non-hydrogen) atoms. The maximum atomic E-state index is 13.4. The SMILES string of the molecule is O=C(O)/C=C/c1ccc(F)cc1-c1ccc(Cl)c(Cl)c1. The van der Waals surface area contributed by atoms with Crippen molar-refractivity contribution >= 4 is 35.2 Å². The number of hydrogen-bond acceptors (Lipinski definition) is 1. The van der Waals surface area contributed by atoms with Gasteiger partial charge in [0.1, 0.15) is 5.82 Å². The molecule has 0 atom stereocenters. The normalized spacial score (nSPS) is 10.9. The van der Waals surface area contributed by atoms with Crippen molar-refractivity contribution in [2.75, 3.05) is 0 Å². The van der Waals surface area contributed by atoms with Crippen LogP contribution < -0.4 is 0 Å². The zero-order chi connectivity index (χ0) is 14.7. The van der Waals surface area contributed by atoms with E-state index in [4.69, 9.17) is 28.3 Å². The predicted octanol–water partition coefficient (Wildman–Crippen LogP) is 4.90. The summed E-state index contributed by atoms with van der Waals surface area (Å²) in [5, 5.41) is 9.42. The molecule has 0 aliphatic carbocycles. The van der Waals surface area contributed by atoms with Gasteiger partial charge >= 0.3 is 5.97 Å². The highest BCUT2D eigenvalue weighted by Crippen LogP contribution is 2.31. The Hall–Kier alpha value is -1.84. The second kappa shape index (κ2) is 6.07. The zero-order valence-corrected chi connectivity index (χ0v) is 11.6. The highest BCUT2D eigenvalue weighted by atomic mass is 35.5. The van der Waals surface area contributed by atoms with Crippen LogP contribution in [-0.2, 0) is 4.79 Å². The zero-order valence-electron chi connectivity index (χ0n) is 10.1. The van der Waals surface area contributed by atoms with Crippen LogP contribution in [0.5, 0.6) is 0 Å². The number of aliphatic carboxylic acids is 1. The maximum Gasteiger partial charge on any atom is 0.328 e. The van der Waals surface area contributed by atoms with E-state index in [9.17, 15) is 9.18 Å². The van der Waals surface area contributed by atoms with Crippen LogP contribution in [0, 0.1) is 5.82 Å². The van der Waals surface area contributed by atoms with Crippen molar-refractivity contribution in [2.24, 2.45) is 0 Å². The monoisotopic (exact) mass is 310 g/mol. The average molecular weight is 311 g/mol. The van der Waals surface area contributed by atoms with Crippen LogP contribution in [0.2, 0.25) is 10.0 Å². The van der Waals surface area contributed by atoms with E-state index in [1.165, 1.54) is 24.3 Å². The summed E-state index contributed by atoms with van der Waals surface area (Å²) in [6.07, 6.45) is 2.40. The van der Waals surface area contributed by atoms with Gasteiger partial charge in [-0.2, -0.15) is 0 Å². The van der Waals surface area contributed by atoms with Gasteiger partial charge in [0.25, 0.3) is 0 Å². The molecule has 2 rings (SSSR count). The van der Waals surface area contributed by atoms with Crippen LogP contribution in [0.1, 0.15) is 5.56 Å². The fourth-order valence-corrected chi connectivity index (χ4v) is 2.05. The van der Waals surface area contributed by atoms with Crippen molar-refractivity contribution < 1.29 is 14.3 Å². The molecular weight excluding hydrogens is 302 g/mol. The third kappa shape index (κ3) is 3.38. The Bertz CT molecular complexity index is 696. The average Bonchev–Trinajstić information content (AvgIpc) is 2.40. The molecular formula is C15H9Cl2FO2. The fraction of sp³-hybridized carbons (Fsp3) is 0. The highest BCUT2D eigenvalue weighted by Gasteiger charge is 2.07. The number of carbonyl (C=O) groups is 1. The first-order chi connectivity index (χ1) is 9.47. The second-order valence-electron chi connectivity index (χ2n) is 4.03. The molecule has 0 fully saturated rings. The van der Waals surface area contributed by atoms with Crippen molar-refractivity contribution in [3.8, 4) is 11.1 Å². The number of halogens is 3. The Balaban J connectivity index is 2.56. The molecule has 0 aromatic heterocycles. The molecule has 0 spiro atoms. The molecule has 0 saturated heterocycles. The molecule has 1 N–H and O–H groups in total. The van der Waals surface area contributed by atoms with Gasteiger partial charge in [-0.15, -0.1) is 0 Å². The van der Waals surface area contributed by atoms with Gasteiger partial charge < -0.3 is 5.11 Å². The lowest BCUT2D eigenvalue weighted by molar-refractivity contribution is -0.131. The summed E-state index contributed by atoms with van der Waals surface area (Å²) in [4.78, 5) is 10.6. The van der Waals surface area contributed by atoms with Gasteiger partial charge in [0, 0.05) is 6.08 Å².